The Morgan fingerprint density at radius 1 is 0.905 bits per heavy atom. The number of rotatable bonds is 8. The van der Waals surface area contributed by atoms with Gasteiger partial charge in [0, 0.05) is 44.2 Å². The number of amides is 2. The Morgan fingerprint density at radius 3 is 2.31 bits per heavy atom. The highest BCUT2D eigenvalue weighted by Gasteiger charge is 2.38. The SMILES string of the molecule is CCOC(=O)C1=C(C)N(CC(=O)N2CCN(c3ccccc3F)CC2)C(=O)CC1c1cccc(Oc2ccccc2)c1. The van der Waals surface area contributed by atoms with Crippen molar-refractivity contribution in [3.05, 3.63) is 102 Å². The van der Waals surface area contributed by atoms with Gasteiger partial charge in [-0.25, -0.2) is 9.18 Å². The van der Waals surface area contributed by atoms with Crippen LogP contribution in [0.25, 0.3) is 0 Å². The van der Waals surface area contributed by atoms with E-state index < -0.39 is 11.9 Å². The number of carbonyl (C=O) groups excluding carboxylic acids is 3. The molecule has 1 fully saturated rings. The summed E-state index contributed by atoms with van der Waals surface area (Å²) in [5, 5.41) is 0. The van der Waals surface area contributed by atoms with Crippen molar-refractivity contribution >= 4 is 23.5 Å². The standard InChI is InChI=1S/C33H34FN3O5/c1-3-41-33(40)32-23(2)37(22-31(39)36-18-16-35(17-19-36)29-15-8-7-14-28(29)34)30(38)21-27(32)24-10-9-13-26(20-24)42-25-11-5-4-6-12-25/h4-15,20,27H,3,16-19,21-22H2,1-2H3. The lowest BCUT2D eigenvalue weighted by Gasteiger charge is -2.38. The number of para-hydroxylation sites is 2. The molecule has 2 amide bonds. The molecule has 0 saturated carbocycles. The van der Waals surface area contributed by atoms with Crippen molar-refractivity contribution in [1.29, 1.82) is 0 Å². The summed E-state index contributed by atoms with van der Waals surface area (Å²) < 4.78 is 25.6. The number of esters is 1. The zero-order chi connectivity index (χ0) is 29.6. The average Bonchev–Trinajstić information content (AvgIpc) is 3.00. The first-order valence-electron chi connectivity index (χ1n) is 14.1. The number of allylic oxidation sites excluding steroid dienone is 1. The molecule has 218 valence electrons. The van der Waals surface area contributed by atoms with Crippen molar-refractivity contribution < 1.29 is 28.2 Å². The van der Waals surface area contributed by atoms with Gasteiger partial charge in [-0.3, -0.25) is 9.59 Å². The molecule has 9 heteroatoms. The van der Waals surface area contributed by atoms with Gasteiger partial charge in [-0.1, -0.05) is 42.5 Å². The van der Waals surface area contributed by atoms with Gasteiger partial charge in [0.25, 0.3) is 0 Å². The minimum Gasteiger partial charge on any atom is -0.463 e. The Labute approximate surface area is 244 Å². The first kappa shape index (κ1) is 28.9. The van der Waals surface area contributed by atoms with E-state index in [1.54, 1.807) is 36.9 Å². The van der Waals surface area contributed by atoms with Gasteiger partial charge in [0.1, 0.15) is 23.9 Å². The van der Waals surface area contributed by atoms with Crippen molar-refractivity contribution in [3.63, 3.8) is 0 Å². The predicted octanol–water partition coefficient (Wildman–Crippen LogP) is 5.12. The molecule has 2 aliphatic rings. The lowest BCUT2D eigenvalue weighted by molar-refractivity contribution is -0.142. The molecule has 1 unspecified atom stereocenters. The van der Waals surface area contributed by atoms with E-state index in [2.05, 4.69) is 0 Å². The highest BCUT2D eigenvalue weighted by molar-refractivity contribution is 5.97. The summed E-state index contributed by atoms with van der Waals surface area (Å²) in [6, 6.07) is 23.3. The highest BCUT2D eigenvalue weighted by atomic mass is 19.1. The van der Waals surface area contributed by atoms with Gasteiger partial charge in [0.2, 0.25) is 11.8 Å². The largest absolute Gasteiger partial charge is 0.463 e. The van der Waals surface area contributed by atoms with Gasteiger partial charge in [-0.15, -0.1) is 0 Å². The van der Waals surface area contributed by atoms with Crippen molar-refractivity contribution in [2.45, 2.75) is 26.2 Å². The number of hydrogen-bond donors (Lipinski definition) is 0. The number of anilines is 1. The summed E-state index contributed by atoms with van der Waals surface area (Å²) in [4.78, 5) is 45.0. The molecule has 42 heavy (non-hydrogen) atoms. The van der Waals surface area contributed by atoms with E-state index >= 15 is 0 Å². The highest BCUT2D eigenvalue weighted by Crippen LogP contribution is 2.38. The first-order chi connectivity index (χ1) is 20.4. The van der Waals surface area contributed by atoms with Crippen LogP contribution in [0.3, 0.4) is 0 Å². The molecule has 0 N–H and O–H groups in total. The number of nitrogens with zero attached hydrogens (tertiary/aromatic N) is 3. The molecule has 3 aromatic carbocycles. The molecule has 0 aromatic heterocycles. The van der Waals surface area contributed by atoms with E-state index in [0.29, 0.717) is 54.6 Å². The van der Waals surface area contributed by atoms with Crippen LogP contribution in [0.2, 0.25) is 0 Å². The number of halogens is 1. The molecule has 0 radical (unpaired) electrons. The normalized spacial score (nSPS) is 17.4. The Hall–Kier alpha value is -4.66. The third kappa shape index (κ3) is 6.30. The maximum atomic E-state index is 14.2. The van der Waals surface area contributed by atoms with E-state index in [9.17, 15) is 18.8 Å². The fourth-order valence-electron chi connectivity index (χ4n) is 5.52. The number of carbonyl (C=O) groups is 3. The van der Waals surface area contributed by atoms with E-state index in [4.69, 9.17) is 9.47 Å². The zero-order valence-corrected chi connectivity index (χ0v) is 23.8. The molecule has 0 bridgehead atoms. The van der Waals surface area contributed by atoms with Crippen LogP contribution < -0.4 is 9.64 Å². The lowest BCUT2D eigenvalue weighted by Crippen LogP contribution is -2.52. The fraction of sp³-hybridized carbons (Fsp3) is 0.303. The van der Waals surface area contributed by atoms with Gasteiger partial charge >= 0.3 is 5.97 Å². The number of ether oxygens (including phenoxy) is 2. The Bertz CT molecular complexity index is 1480. The number of hydrogen-bond acceptors (Lipinski definition) is 6. The third-order valence-electron chi connectivity index (χ3n) is 7.68. The molecule has 5 rings (SSSR count). The quantitative estimate of drug-likeness (QED) is 0.350. The fourth-order valence-corrected chi connectivity index (χ4v) is 5.52. The van der Waals surface area contributed by atoms with Crippen LogP contribution in [0.15, 0.2) is 90.1 Å². The van der Waals surface area contributed by atoms with Crippen LogP contribution in [0.4, 0.5) is 10.1 Å². The molecule has 0 spiro atoms. The molecule has 2 heterocycles. The van der Waals surface area contributed by atoms with Gasteiger partial charge in [-0.05, 0) is 55.8 Å². The summed E-state index contributed by atoms with van der Waals surface area (Å²) in [7, 11) is 0. The first-order valence-corrected chi connectivity index (χ1v) is 14.1. The smallest absolute Gasteiger partial charge is 0.336 e. The van der Waals surface area contributed by atoms with Gasteiger partial charge in [-0.2, -0.15) is 0 Å². The zero-order valence-electron chi connectivity index (χ0n) is 23.8. The number of benzene rings is 3. The van der Waals surface area contributed by atoms with E-state index in [1.165, 1.54) is 11.0 Å². The van der Waals surface area contributed by atoms with E-state index in [-0.39, 0.29) is 37.2 Å². The molecule has 8 nitrogen and oxygen atoms in total. The summed E-state index contributed by atoms with van der Waals surface area (Å²) >= 11 is 0. The average molecular weight is 572 g/mol. The summed E-state index contributed by atoms with van der Waals surface area (Å²) in [6.45, 7) is 5.17. The third-order valence-corrected chi connectivity index (χ3v) is 7.68. The predicted molar refractivity (Wildman–Crippen MR) is 157 cm³/mol. The molecular weight excluding hydrogens is 537 g/mol. The van der Waals surface area contributed by atoms with Crippen LogP contribution in [0.1, 0.15) is 31.7 Å². The molecule has 3 aromatic rings. The summed E-state index contributed by atoms with van der Waals surface area (Å²) in [5.74, 6) is -0.584. The number of piperazine rings is 1. The van der Waals surface area contributed by atoms with E-state index in [0.717, 1.165) is 5.56 Å². The van der Waals surface area contributed by atoms with Crippen molar-refractivity contribution in [2.24, 2.45) is 0 Å². The van der Waals surface area contributed by atoms with Gasteiger partial charge in [0.05, 0.1) is 17.9 Å². The van der Waals surface area contributed by atoms with Crippen LogP contribution in [-0.4, -0.2) is 66.9 Å². The Kier molecular flexibility index (Phi) is 8.85. The minimum absolute atomic E-state index is 0.00855. The van der Waals surface area contributed by atoms with Crippen molar-refractivity contribution in [2.75, 3.05) is 44.2 Å². The van der Waals surface area contributed by atoms with Crippen LogP contribution in [-0.2, 0) is 19.1 Å². The molecule has 1 saturated heterocycles. The molecule has 0 aliphatic carbocycles. The molecule has 1 atom stereocenters. The Morgan fingerprint density at radius 2 is 1.60 bits per heavy atom. The van der Waals surface area contributed by atoms with Crippen LogP contribution in [0, 0.1) is 5.82 Å². The van der Waals surface area contributed by atoms with Crippen LogP contribution >= 0.6 is 0 Å². The Balaban J connectivity index is 1.34. The van der Waals surface area contributed by atoms with Gasteiger partial charge in [0.15, 0.2) is 0 Å². The van der Waals surface area contributed by atoms with Crippen LogP contribution in [0.5, 0.6) is 11.5 Å². The maximum absolute atomic E-state index is 14.2. The minimum atomic E-state index is -0.550. The lowest BCUT2D eigenvalue weighted by atomic mass is 9.83. The second-order valence-electron chi connectivity index (χ2n) is 10.3. The molecular formula is C33H34FN3O5. The topological polar surface area (TPSA) is 79.4 Å². The second-order valence-corrected chi connectivity index (χ2v) is 10.3. The van der Waals surface area contributed by atoms with Crippen molar-refractivity contribution in [3.8, 4) is 11.5 Å². The second kappa shape index (κ2) is 12.9. The molecule has 2 aliphatic heterocycles. The van der Waals surface area contributed by atoms with E-state index in [1.807, 2.05) is 59.5 Å². The summed E-state index contributed by atoms with van der Waals surface area (Å²) in [6.07, 6.45) is 0.00855. The van der Waals surface area contributed by atoms with Gasteiger partial charge < -0.3 is 24.2 Å². The summed E-state index contributed by atoms with van der Waals surface area (Å²) in [5.41, 5.74) is 2.01. The monoisotopic (exact) mass is 571 g/mol. The maximum Gasteiger partial charge on any atom is 0.336 e. The van der Waals surface area contributed by atoms with Crippen molar-refractivity contribution in [1.82, 2.24) is 9.80 Å².